The molecule has 74 valence electrons. The molecule has 0 radical (unpaired) electrons. The van der Waals surface area contributed by atoms with Crippen LogP contribution in [0.15, 0.2) is 12.1 Å². The normalized spacial score (nSPS) is 15.6. The zero-order valence-electron chi connectivity index (χ0n) is 7.17. The Morgan fingerprint density at radius 2 is 2.00 bits per heavy atom. The first kappa shape index (κ1) is 9.05. The summed E-state index contributed by atoms with van der Waals surface area (Å²) in [6, 6.07) is 1.73. The van der Waals surface area contributed by atoms with E-state index in [1.807, 2.05) is 0 Å². The van der Waals surface area contributed by atoms with Crippen molar-refractivity contribution < 1.29 is 13.7 Å². The second kappa shape index (κ2) is 3.01. The van der Waals surface area contributed by atoms with Gasteiger partial charge in [0.25, 0.3) is 5.69 Å². The molecule has 14 heavy (non-hydrogen) atoms. The van der Waals surface area contributed by atoms with Crippen molar-refractivity contribution in [3.05, 3.63) is 39.4 Å². The molecule has 0 spiro atoms. The molecule has 2 rings (SSSR count). The summed E-state index contributed by atoms with van der Waals surface area (Å²) in [5.74, 6) is -2.12. The third-order valence-corrected chi connectivity index (χ3v) is 2.27. The number of hydrogen-bond donors (Lipinski definition) is 0. The SMILES string of the molecule is O=[N+]([O-])c1cc(F)c(F)c(C2CC2)c1. The molecule has 0 aromatic heterocycles. The molecule has 0 N–H and O–H groups in total. The maximum absolute atomic E-state index is 13.1. The van der Waals surface area contributed by atoms with Crippen LogP contribution >= 0.6 is 0 Å². The second-order valence-corrected chi connectivity index (χ2v) is 3.36. The van der Waals surface area contributed by atoms with Gasteiger partial charge in [-0.25, -0.2) is 8.78 Å². The van der Waals surface area contributed by atoms with E-state index in [0.717, 1.165) is 18.9 Å². The van der Waals surface area contributed by atoms with Crippen LogP contribution in [0.3, 0.4) is 0 Å². The van der Waals surface area contributed by atoms with Crippen molar-refractivity contribution in [1.82, 2.24) is 0 Å². The van der Waals surface area contributed by atoms with E-state index >= 15 is 0 Å². The molecule has 1 fully saturated rings. The monoisotopic (exact) mass is 199 g/mol. The molecule has 5 heteroatoms. The van der Waals surface area contributed by atoms with Gasteiger partial charge in [0, 0.05) is 11.6 Å². The highest BCUT2D eigenvalue weighted by molar-refractivity contribution is 5.39. The summed E-state index contributed by atoms with van der Waals surface area (Å²) in [5, 5.41) is 10.4. The van der Waals surface area contributed by atoms with E-state index in [4.69, 9.17) is 0 Å². The Bertz CT molecular complexity index is 402. The number of halogens is 2. The standard InChI is InChI=1S/C9H7F2NO2/c10-8-4-6(12(13)14)3-7(9(8)11)5-1-2-5/h3-5H,1-2H2. The minimum Gasteiger partial charge on any atom is -0.258 e. The lowest BCUT2D eigenvalue weighted by atomic mass is 10.1. The third-order valence-electron chi connectivity index (χ3n) is 2.27. The Hall–Kier alpha value is -1.52. The highest BCUT2D eigenvalue weighted by Crippen LogP contribution is 2.42. The van der Waals surface area contributed by atoms with Gasteiger partial charge in [-0.15, -0.1) is 0 Å². The fraction of sp³-hybridized carbons (Fsp3) is 0.333. The van der Waals surface area contributed by atoms with Crippen LogP contribution in [0.4, 0.5) is 14.5 Å². The van der Waals surface area contributed by atoms with E-state index in [2.05, 4.69) is 0 Å². The number of nitro groups is 1. The lowest BCUT2D eigenvalue weighted by molar-refractivity contribution is -0.385. The topological polar surface area (TPSA) is 43.1 Å². The summed E-state index contributed by atoms with van der Waals surface area (Å²) in [4.78, 5) is 9.66. The number of nitro benzene ring substituents is 1. The average Bonchev–Trinajstić information content (AvgIpc) is 2.92. The summed E-state index contributed by atoms with van der Waals surface area (Å²) in [5.41, 5.74) is -0.248. The fourth-order valence-corrected chi connectivity index (χ4v) is 1.39. The molecule has 1 aliphatic rings. The number of hydrogen-bond acceptors (Lipinski definition) is 2. The quantitative estimate of drug-likeness (QED) is 0.542. The molecule has 1 aromatic carbocycles. The van der Waals surface area contributed by atoms with Gasteiger partial charge in [-0.2, -0.15) is 0 Å². The van der Waals surface area contributed by atoms with Crippen LogP contribution in [0.25, 0.3) is 0 Å². The van der Waals surface area contributed by atoms with E-state index in [1.165, 1.54) is 0 Å². The van der Waals surface area contributed by atoms with Crippen molar-refractivity contribution in [3.63, 3.8) is 0 Å². The molecule has 0 aliphatic heterocycles. The Morgan fingerprint density at radius 3 is 2.50 bits per heavy atom. The molecule has 1 saturated carbocycles. The highest BCUT2D eigenvalue weighted by Gasteiger charge is 2.30. The third kappa shape index (κ3) is 1.45. The van der Waals surface area contributed by atoms with Crippen LogP contribution in [0.2, 0.25) is 0 Å². The molecule has 0 heterocycles. The van der Waals surface area contributed by atoms with Crippen molar-refractivity contribution in [2.24, 2.45) is 0 Å². The Balaban J connectivity index is 2.52. The molecule has 0 saturated heterocycles. The molecule has 0 unspecified atom stereocenters. The maximum Gasteiger partial charge on any atom is 0.272 e. The molecule has 1 aromatic rings. The van der Waals surface area contributed by atoms with Crippen molar-refractivity contribution in [1.29, 1.82) is 0 Å². The first-order valence-corrected chi connectivity index (χ1v) is 4.23. The molecular formula is C9H7F2NO2. The van der Waals surface area contributed by atoms with E-state index in [-0.39, 0.29) is 17.2 Å². The molecule has 3 nitrogen and oxygen atoms in total. The average molecular weight is 199 g/mol. The number of nitrogens with zero attached hydrogens (tertiary/aromatic N) is 1. The first-order valence-electron chi connectivity index (χ1n) is 4.23. The van der Waals surface area contributed by atoms with Gasteiger partial charge < -0.3 is 0 Å². The molecular weight excluding hydrogens is 192 g/mol. The Labute approximate surface area is 78.5 Å². The van der Waals surface area contributed by atoms with Crippen LogP contribution in [-0.4, -0.2) is 4.92 Å². The zero-order valence-corrected chi connectivity index (χ0v) is 7.17. The number of benzene rings is 1. The lowest BCUT2D eigenvalue weighted by Gasteiger charge is -2.01. The fourth-order valence-electron chi connectivity index (χ4n) is 1.39. The van der Waals surface area contributed by atoms with Crippen LogP contribution in [0.5, 0.6) is 0 Å². The van der Waals surface area contributed by atoms with Gasteiger partial charge in [0.05, 0.1) is 11.0 Å². The summed E-state index contributed by atoms with van der Waals surface area (Å²) >= 11 is 0. The first-order chi connectivity index (χ1) is 6.59. The number of rotatable bonds is 2. The molecule has 0 bridgehead atoms. The largest absolute Gasteiger partial charge is 0.272 e. The van der Waals surface area contributed by atoms with Crippen LogP contribution in [-0.2, 0) is 0 Å². The lowest BCUT2D eigenvalue weighted by Crippen LogP contribution is -1.96. The maximum atomic E-state index is 13.1. The van der Waals surface area contributed by atoms with Crippen molar-refractivity contribution in [3.8, 4) is 0 Å². The van der Waals surface area contributed by atoms with Crippen LogP contribution in [0, 0.1) is 21.7 Å². The van der Waals surface area contributed by atoms with Gasteiger partial charge in [0.15, 0.2) is 11.6 Å². The second-order valence-electron chi connectivity index (χ2n) is 3.36. The summed E-state index contributed by atoms with van der Waals surface area (Å²) in [6.07, 6.45) is 1.55. The van der Waals surface area contributed by atoms with E-state index in [0.29, 0.717) is 6.07 Å². The summed E-state index contributed by atoms with van der Waals surface area (Å²) < 4.78 is 26.0. The van der Waals surface area contributed by atoms with Crippen molar-refractivity contribution in [2.45, 2.75) is 18.8 Å². The zero-order chi connectivity index (χ0) is 10.3. The smallest absolute Gasteiger partial charge is 0.258 e. The minimum atomic E-state index is -1.14. The predicted octanol–water partition coefficient (Wildman–Crippen LogP) is 2.75. The van der Waals surface area contributed by atoms with E-state index in [9.17, 15) is 18.9 Å². The van der Waals surface area contributed by atoms with Gasteiger partial charge in [-0.1, -0.05) is 0 Å². The van der Waals surface area contributed by atoms with Crippen LogP contribution < -0.4 is 0 Å². The molecule has 0 amide bonds. The van der Waals surface area contributed by atoms with Gasteiger partial charge in [0.1, 0.15) is 0 Å². The minimum absolute atomic E-state index is 0.0376. The van der Waals surface area contributed by atoms with Gasteiger partial charge in [-0.3, -0.25) is 10.1 Å². The van der Waals surface area contributed by atoms with E-state index < -0.39 is 16.6 Å². The van der Waals surface area contributed by atoms with Gasteiger partial charge >= 0.3 is 0 Å². The Morgan fingerprint density at radius 1 is 1.36 bits per heavy atom. The van der Waals surface area contributed by atoms with Crippen LogP contribution in [0.1, 0.15) is 24.3 Å². The van der Waals surface area contributed by atoms with E-state index in [1.54, 1.807) is 0 Å². The molecule has 0 atom stereocenters. The Kier molecular flexibility index (Phi) is 1.94. The van der Waals surface area contributed by atoms with Crippen molar-refractivity contribution in [2.75, 3.05) is 0 Å². The van der Waals surface area contributed by atoms with Gasteiger partial charge in [0.2, 0.25) is 0 Å². The summed E-state index contributed by atoms with van der Waals surface area (Å²) in [7, 11) is 0. The number of non-ortho nitro benzene ring substituents is 1. The molecule has 1 aliphatic carbocycles. The predicted molar refractivity (Wildman–Crippen MR) is 45.0 cm³/mol. The highest BCUT2D eigenvalue weighted by atomic mass is 19.2. The van der Waals surface area contributed by atoms with Crippen molar-refractivity contribution >= 4 is 5.69 Å². The van der Waals surface area contributed by atoms with Gasteiger partial charge in [-0.05, 0) is 18.8 Å². The summed E-state index contributed by atoms with van der Waals surface area (Å²) in [6.45, 7) is 0.